The van der Waals surface area contributed by atoms with Gasteiger partial charge >= 0.3 is 0 Å². The molecule has 0 aliphatic heterocycles. The maximum absolute atomic E-state index is 13.7. The molecule has 2 N–H and O–H groups in total. The molecular weight excluding hydrogens is 266 g/mol. The maximum atomic E-state index is 13.7. The Morgan fingerprint density at radius 1 is 1.35 bits per heavy atom. The van der Waals surface area contributed by atoms with E-state index in [1.807, 2.05) is 6.92 Å². The lowest BCUT2D eigenvalue weighted by atomic mass is 10.3. The molecule has 1 aromatic rings. The first-order valence-electron chi connectivity index (χ1n) is 6.44. The minimum atomic E-state index is -0.831. The number of carbonyl (C=O) groups is 1. The van der Waals surface area contributed by atoms with Crippen molar-refractivity contribution in [2.24, 2.45) is 0 Å². The number of hydrogen-bond donors (Lipinski definition) is 2. The fourth-order valence-corrected chi connectivity index (χ4v) is 1.59. The molecule has 0 fully saturated rings. The Kier molecular flexibility index (Phi) is 5.66. The van der Waals surface area contributed by atoms with Crippen LogP contribution in [-0.4, -0.2) is 42.5 Å². The van der Waals surface area contributed by atoms with Crippen molar-refractivity contribution < 1.29 is 13.6 Å². The average Bonchev–Trinajstić information content (AvgIpc) is 2.39. The predicted octanol–water partition coefficient (Wildman–Crippen LogP) is 2.07. The largest absolute Gasteiger partial charge is 0.368 e. The van der Waals surface area contributed by atoms with E-state index in [9.17, 15) is 13.6 Å². The van der Waals surface area contributed by atoms with E-state index in [0.717, 1.165) is 12.5 Å². The van der Waals surface area contributed by atoms with Gasteiger partial charge in [-0.2, -0.15) is 0 Å². The summed E-state index contributed by atoms with van der Waals surface area (Å²) in [4.78, 5) is 16.9. The minimum Gasteiger partial charge on any atom is -0.368 e. The summed E-state index contributed by atoms with van der Waals surface area (Å²) in [7, 11) is 3.20. The SMILES string of the molecule is CCCNc1nc(NC(C)C(=O)N(C)C)c(F)cc1F. The highest BCUT2D eigenvalue weighted by molar-refractivity contribution is 5.83. The van der Waals surface area contributed by atoms with E-state index in [1.54, 1.807) is 21.0 Å². The standard InChI is InChI=1S/C13H20F2N4O/c1-5-6-16-11-9(14)7-10(15)12(18-11)17-8(2)13(20)19(3)4/h7-8H,5-6H2,1-4H3,(H2,16,17,18). The third kappa shape index (κ3) is 4.04. The Balaban J connectivity index is 2.91. The van der Waals surface area contributed by atoms with E-state index in [2.05, 4.69) is 15.6 Å². The molecule has 0 saturated heterocycles. The summed E-state index contributed by atoms with van der Waals surface area (Å²) in [6.07, 6.45) is 0.788. The van der Waals surface area contributed by atoms with Crippen LogP contribution in [0.1, 0.15) is 20.3 Å². The van der Waals surface area contributed by atoms with Gasteiger partial charge in [-0.1, -0.05) is 6.92 Å². The zero-order chi connectivity index (χ0) is 15.3. The summed E-state index contributed by atoms with van der Waals surface area (Å²) in [6, 6.07) is 0.0942. The minimum absolute atomic E-state index is 0.0275. The number of rotatable bonds is 6. The van der Waals surface area contributed by atoms with Crippen LogP contribution < -0.4 is 10.6 Å². The number of amides is 1. The predicted molar refractivity (Wildman–Crippen MR) is 74.7 cm³/mol. The highest BCUT2D eigenvalue weighted by atomic mass is 19.1. The van der Waals surface area contributed by atoms with Crippen LogP contribution >= 0.6 is 0 Å². The van der Waals surface area contributed by atoms with E-state index in [0.29, 0.717) is 6.54 Å². The van der Waals surface area contributed by atoms with Gasteiger partial charge in [-0.15, -0.1) is 0 Å². The zero-order valence-electron chi connectivity index (χ0n) is 12.1. The van der Waals surface area contributed by atoms with Crippen LogP contribution in [0, 0.1) is 11.6 Å². The van der Waals surface area contributed by atoms with Gasteiger partial charge in [0.2, 0.25) is 5.91 Å². The quantitative estimate of drug-likeness (QED) is 0.840. The topological polar surface area (TPSA) is 57.3 Å². The molecule has 0 saturated carbocycles. The number of hydrogen-bond acceptors (Lipinski definition) is 4. The lowest BCUT2D eigenvalue weighted by Crippen LogP contribution is -2.37. The second-order valence-electron chi connectivity index (χ2n) is 4.67. The van der Waals surface area contributed by atoms with Crippen molar-refractivity contribution in [1.82, 2.24) is 9.88 Å². The molecule has 1 unspecified atom stereocenters. The third-order valence-corrected chi connectivity index (χ3v) is 2.64. The van der Waals surface area contributed by atoms with Gasteiger partial charge in [-0.05, 0) is 13.3 Å². The molecule has 7 heteroatoms. The molecular formula is C13H20F2N4O. The van der Waals surface area contributed by atoms with Gasteiger partial charge in [-0.25, -0.2) is 13.8 Å². The molecule has 1 amide bonds. The van der Waals surface area contributed by atoms with Crippen LogP contribution in [0.2, 0.25) is 0 Å². The fraction of sp³-hybridized carbons (Fsp3) is 0.538. The van der Waals surface area contributed by atoms with Crippen LogP contribution in [-0.2, 0) is 4.79 Å². The lowest BCUT2D eigenvalue weighted by Gasteiger charge is -2.19. The van der Waals surface area contributed by atoms with Crippen LogP contribution in [0.3, 0.4) is 0 Å². The van der Waals surface area contributed by atoms with Gasteiger partial charge in [0.1, 0.15) is 6.04 Å². The summed E-state index contributed by atoms with van der Waals surface area (Å²) in [6.45, 7) is 4.04. The van der Waals surface area contributed by atoms with E-state index in [4.69, 9.17) is 0 Å². The van der Waals surface area contributed by atoms with E-state index in [1.165, 1.54) is 4.90 Å². The van der Waals surface area contributed by atoms with E-state index in [-0.39, 0.29) is 17.5 Å². The van der Waals surface area contributed by atoms with Gasteiger partial charge in [0, 0.05) is 26.7 Å². The molecule has 1 heterocycles. The van der Waals surface area contributed by atoms with Gasteiger partial charge in [0.05, 0.1) is 0 Å². The summed E-state index contributed by atoms with van der Waals surface area (Å²) in [5.74, 6) is -1.98. The second-order valence-corrected chi connectivity index (χ2v) is 4.67. The number of carbonyl (C=O) groups excluding carboxylic acids is 1. The lowest BCUT2D eigenvalue weighted by molar-refractivity contribution is -0.129. The van der Waals surface area contributed by atoms with Crippen molar-refractivity contribution in [2.45, 2.75) is 26.3 Å². The van der Waals surface area contributed by atoms with Gasteiger partial charge in [0.15, 0.2) is 23.3 Å². The van der Waals surface area contributed by atoms with Gasteiger partial charge in [0.25, 0.3) is 0 Å². The van der Waals surface area contributed by atoms with Crippen LogP contribution in [0.15, 0.2) is 6.07 Å². The molecule has 0 spiro atoms. The molecule has 0 aromatic carbocycles. The molecule has 1 rings (SSSR count). The Hall–Kier alpha value is -1.92. The monoisotopic (exact) mass is 286 g/mol. The van der Waals surface area contributed by atoms with Crippen molar-refractivity contribution in [3.8, 4) is 0 Å². The molecule has 0 radical (unpaired) electrons. The van der Waals surface area contributed by atoms with Crippen molar-refractivity contribution in [3.63, 3.8) is 0 Å². The first-order valence-corrected chi connectivity index (χ1v) is 6.44. The Morgan fingerprint density at radius 3 is 2.50 bits per heavy atom. The molecule has 20 heavy (non-hydrogen) atoms. The molecule has 1 atom stereocenters. The average molecular weight is 286 g/mol. The van der Waals surface area contributed by atoms with E-state index < -0.39 is 17.7 Å². The Labute approximate surface area is 117 Å². The number of nitrogens with one attached hydrogen (secondary N) is 2. The molecule has 0 bridgehead atoms. The Bertz CT molecular complexity index is 480. The molecule has 1 aromatic heterocycles. The maximum Gasteiger partial charge on any atom is 0.244 e. The van der Waals surface area contributed by atoms with Gasteiger partial charge < -0.3 is 15.5 Å². The van der Waals surface area contributed by atoms with Crippen LogP contribution in [0.25, 0.3) is 0 Å². The second kappa shape index (κ2) is 7.02. The molecule has 112 valence electrons. The number of pyridine rings is 1. The highest BCUT2D eigenvalue weighted by Crippen LogP contribution is 2.19. The van der Waals surface area contributed by atoms with Gasteiger partial charge in [-0.3, -0.25) is 4.79 Å². The summed E-state index contributed by atoms with van der Waals surface area (Å²) >= 11 is 0. The van der Waals surface area contributed by atoms with Crippen molar-refractivity contribution in [1.29, 1.82) is 0 Å². The van der Waals surface area contributed by atoms with Crippen molar-refractivity contribution in [2.75, 3.05) is 31.3 Å². The van der Waals surface area contributed by atoms with Crippen LogP contribution in [0.5, 0.6) is 0 Å². The normalized spacial score (nSPS) is 11.9. The molecule has 5 nitrogen and oxygen atoms in total. The number of anilines is 2. The summed E-state index contributed by atoms with van der Waals surface area (Å²) in [5.41, 5.74) is 0. The number of nitrogens with zero attached hydrogens (tertiary/aromatic N) is 2. The van der Waals surface area contributed by atoms with Crippen molar-refractivity contribution >= 4 is 17.5 Å². The molecule has 0 aliphatic carbocycles. The summed E-state index contributed by atoms with van der Waals surface area (Å²) in [5, 5.41) is 5.42. The highest BCUT2D eigenvalue weighted by Gasteiger charge is 2.18. The first-order chi connectivity index (χ1) is 9.36. The van der Waals surface area contributed by atoms with E-state index >= 15 is 0 Å². The Morgan fingerprint density at radius 2 is 1.95 bits per heavy atom. The molecule has 0 aliphatic rings. The number of aromatic nitrogens is 1. The first kappa shape index (κ1) is 16.1. The van der Waals surface area contributed by atoms with Crippen LogP contribution in [0.4, 0.5) is 20.4 Å². The number of halogens is 2. The summed E-state index contributed by atoms with van der Waals surface area (Å²) < 4.78 is 27.2. The smallest absolute Gasteiger partial charge is 0.244 e. The number of likely N-dealkylation sites (N-methyl/N-ethyl adjacent to an activating group) is 1. The fourth-order valence-electron chi connectivity index (χ4n) is 1.59. The third-order valence-electron chi connectivity index (χ3n) is 2.64. The van der Waals surface area contributed by atoms with Crippen molar-refractivity contribution in [3.05, 3.63) is 17.7 Å². The zero-order valence-corrected chi connectivity index (χ0v) is 12.1.